The number of benzene rings is 2. The number of hydrogen-bond acceptors (Lipinski definition) is 3. The molecule has 3 aromatic rings. The summed E-state index contributed by atoms with van der Waals surface area (Å²) in [5, 5.41) is 21.2. The Labute approximate surface area is 186 Å². The van der Waals surface area contributed by atoms with Gasteiger partial charge in [-0.05, 0) is 68.5 Å². The second-order valence-electron chi connectivity index (χ2n) is 9.94. The van der Waals surface area contributed by atoms with E-state index in [9.17, 15) is 19.4 Å². The van der Waals surface area contributed by atoms with Crippen LogP contribution in [0.4, 0.5) is 4.39 Å². The molecular weight excluding hydrogens is 409 g/mol. The van der Waals surface area contributed by atoms with Gasteiger partial charge >= 0.3 is 5.97 Å². The summed E-state index contributed by atoms with van der Waals surface area (Å²) in [6.07, 6.45) is 2.24. The van der Waals surface area contributed by atoms with Crippen LogP contribution in [-0.4, -0.2) is 27.4 Å². The van der Waals surface area contributed by atoms with Gasteiger partial charge in [-0.1, -0.05) is 19.9 Å². The molecule has 1 fully saturated rings. The van der Waals surface area contributed by atoms with Gasteiger partial charge in [0.05, 0.1) is 23.6 Å². The van der Waals surface area contributed by atoms with Crippen molar-refractivity contribution >= 4 is 16.9 Å². The number of ether oxygens (including phenoxy) is 1. The molecule has 32 heavy (non-hydrogen) atoms. The van der Waals surface area contributed by atoms with Crippen LogP contribution in [0.3, 0.4) is 0 Å². The van der Waals surface area contributed by atoms with Crippen LogP contribution in [0, 0.1) is 18.7 Å². The Balaban J connectivity index is 1.82. The number of carboxylic acids is 1. The molecule has 0 radical (unpaired) electrons. The first-order valence-corrected chi connectivity index (χ1v) is 11.2. The second-order valence-corrected chi connectivity index (χ2v) is 9.94. The number of aliphatic carboxylic acids is 1. The van der Waals surface area contributed by atoms with Gasteiger partial charge in [-0.3, -0.25) is 4.79 Å². The fraction of sp³-hybridized carbons (Fsp3) is 0.423. The van der Waals surface area contributed by atoms with Gasteiger partial charge in [0.2, 0.25) is 0 Å². The molecular formula is C26H28FNO4. The normalized spacial score (nSPS) is 24.6. The van der Waals surface area contributed by atoms with Crippen LogP contribution in [0.5, 0.6) is 5.75 Å². The Bertz CT molecular complexity index is 1230. The lowest BCUT2D eigenvalue weighted by molar-refractivity contribution is -0.149. The highest BCUT2D eigenvalue weighted by Gasteiger charge is 2.50. The van der Waals surface area contributed by atoms with E-state index >= 15 is 0 Å². The maximum atomic E-state index is 14.1. The van der Waals surface area contributed by atoms with Crippen molar-refractivity contribution in [2.75, 3.05) is 6.61 Å². The summed E-state index contributed by atoms with van der Waals surface area (Å²) in [4.78, 5) is 11.6. The molecule has 2 heterocycles. The van der Waals surface area contributed by atoms with Crippen LogP contribution >= 0.6 is 0 Å². The third kappa shape index (κ3) is 2.96. The van der Waals surface area contributed by atoms with Crippen molar-refractivity contribution in [1.82, 2.24) is 4.57 Å². The number of aryl methyl sites for hydroxylation is 1. The van der Waals surface area contributed by atoms with Crippen LogP contribution in [0.2, 0.25) is 0 Å². The van der Waals surface area contributed by atoms with Crippen molar-refractivity contribution in [2.45, 2.75) is 57.5 Å². The van der Waals surface area contributed by atoms with E-state index in [2.05, 4.69) is 18.4 Å². The van der Waals surface area contributed by atoms with E-state index in [1.807, 2.05) is 18.2 Å². The fourth-order valence-corrected chi connectivity index (χ4v) is 5.63. The lowest BCUT2D eigenvalue weighted by atomic mass is 9.69. The van der Waals surface area contributed by atoms with Gasteiger partial charge < -0.3 is 19.5 Å². The average Bonchev–Trinajstić information content (AvgIpc) is 3.12. The SMILES string of the molecule is Cc1cc(-n2c3c(c4c(O)cccc42)[C@]2(CC[C@@H](C(=O)O)CC2)OCC3(C)C)ccc1F. The Hall–Kier alpha value is -2.86. The van der Waals surface area contributed by atoms with Gasteiger partial charge in [0.25, 0.3) is 0 Å². The monoisotopic (exact) mass is 437 g/mol. The van der Waals surface area contributed by atoms with Crippen LogP contribution in [-0.2, 0) is 20.5 Å². The summed E-state index contributed by atoms with van der Waals surface area (Å²) >= 11 is 0. The summed E-state index contributed by atoms with van der Waals surface area (Å²) in [6.45, 7) is 6.46. The Morgan fingerprint density at radius 1 is 1.19 bits per heavy atom. The Kier molecular flexibility index (Phi) is 4.64. The minimum atomic E-state index is -0.761. The number of halogens is 1. The molecule has 1 aromatic heterocycles. The van der Waals surface area contributed by atoms with E-state index in [-0.39, 0.29) is 22.9 Å². The minimum absolute atomic E-state index is 0.178. The Morgan fingerprint density at radius 3 is 2.56 bits per heavy atom. The fourth-order valence-electron chi connectivity index (χ4n) is 5.63. The zero-order chi connectivity index (χ0) is 22.8. The molecule has 5 nitrogen and oxygen atoms in total. The predicted molar refractivity (Wildman–Crippen MR) is 120 cm³/mol. The number of carboxylic acid groups (broad SMARTS) is 1. The number of aromatic nitrogens is 1. The summed E-state index contributed by atoms with van der Waals surface area (Å²) < 4.78 is 22.8. The van der Waals surface area contributed by atoms with Crippen molar-refractivity contribution < 1.29 is 24.1 Å². The van der Waals surface area contributed by atoms with Crippen LogP contribution in [0.15, 0.2) is 36.4 Å². The molecule has 1 spiro atoms. The average molecular weight is 438 g/mol. The number of aromatic hydroxyl groups is 1. The third-order valence-electron chi connectivity index (χ3n) is 7.32. The van der Waals surface area contributed by atoms with Crippen molar-refractivity contribution in [3.63, 3.8) is 0 Å². The van der Waals surface area contributed by atoms with Gasteiger partial charge in [-0.2, -0.15) is 0 Å². The molecule has 2 aromatic carbocycles. The molecule has 1 saturated carbocycles. The lowest BCUT2D eigenvalue weighted by Gasteiger charge is -2.47. The molecule has 0 amide bonds. The van der Waals surface area contributed by atoms with E-state index in [0.717, 1.165) is 27.8 Å². The molecule has 2 N–H and O–H groups in total. The van der Waals surface area contributed by atoms with Crippen LogP contribution in [0.25, 0.3) is 16.6 Å². The van der Waals surface area contributed by atoms with E-state index < -0.39 is 11.6 Å². The number of nitrogens with zero attached hydrogens (tertiary/aromatic N) is 1. The standard InChI is InChI=1S/C26H28FNO4/c1-15-13-17(7-8-18(15)27)28-19-5-4-6-20(29)21(19)22-23(28)25(2,3)14-32-26(22)11-9-16(10-12-26)24(30)31/h4-8,13,16,29H,9-12,14H2,1-3H3,(H,30,31)/t16-,26-. The first-order valence-electron chi connectivity index (χ1n) is 11.2. The molecule has 1 aliphatic heterocycles. The number of phenolic OH excluding ortho intramolecular Hbond substituents is 1. The minimum Gasteiger partial charge on any atom is -0.507 e. The molecule has 2 aliphatic rings. The maximum Gasteiger partial charge on any atom is 0.306 e. The van der Waals surface area contributed by atoms with Crippen LogP contribution in [0.1, 0.15) is 56.4 Å². The van der Waals surface area contributed by atoms with E-state index in [1.54, 1.807) is 19.1 Å². The number of phenols is 1. The highest BCUT2D eigenvalue weighted by Crippen LogP contribution is 2.55. The number of fused-ring (bicyclic) bond motifs is 4. The van der Waals surface area contributed by atoms with Gasteiger partial charge in [-0.25, -0.2) is 4.39 Å². The molecule has 1 aliphatic carbocycles. The van der Waals surface area contributed by atoms with E-state index in [0.29, 0.717) is 37.9 Å². The highest BCUT2D eigenvalue weighted by molar-refractivity contribution is 5.94. The van der Waals surface area contributed by atoms with Crippen molar-refractivity contribution in [2.24, 2.45) is 5.92 Å². The smallest absolute Gasteiger partial charge is 0.306 e. The number of rotatable bonds is 2. The van der Waals surface area contributed by atoms with Gasteiger partial charge in [-0.15, -0.1) is 0 Å². The van der Waals surface area contributed by atoms with E-state index in [1.165, 1.54) is 6.07 Å². The molecule has 5 rings (SSSR count). The van der Waals surface area contributed by atoms with Gasteiger partial charge in [0.15, 0.2) is 0 Å². The molecule has 0 saturated heterocycles. The summed E-state index contributed by atoms with van der Waals surface area (Å²) in [5.74, 6) is -1.21. The van der Waals surface area contributed by atoms with E-state index in [4.69, 9.17) is 4.74 Å². The number of carbonyl (C=O) groups is 1. The van der Waals surface area contributed by atoms with Crippen molar-refractivity contribution in [3.05, 3.63) is 59.0 Å². The quantitative estimate of drug-likeness (QED) is 0.550. The maximum absolute atomic E-state index is 14.1. The molecule has 6 heteroatoms. The van der Waals surface area contributed by atoms with Gasteiger partial charge in [0.1, 0.15) is 11.6 Å². The zero-order valence-electron chi connectivity index (χ0n) is 18.6. The summed E-state index contributed by atoms with van der Waals surface area (Å²) in [7, 11) is 0. The van der Waals surface area contributed by atoms with Crippen molar-refractivity contribution in [1.29, 1.82) is 0 Å². The molecule has 0 bridgehead atoms. The second kappa shape index (κ2) is 7.07. The molecule has 0 atom stereocenters. The summed E-state index contributed by atoms with van der Waals surface area (Å²) in [6, 6.07) is 10.5. The first-order chi connectivity index (χ1) is 15.1. The van der Waals surface area contributed by atoms with Crippen LogP contribution < -0.4 is 0 Å². The summed E-state index contributed by atoms with van der Waals surface area (Å²) in [5.41, 5.74) is 3.23. The first kappa shape index (κ1) is 21.0. The Morgan fingerprint density at radius 2 is 1.91 bits per heavy atom. The molecule has 168 valence electrons. The topological polar surface area (TPSA) is 71.7 Å². The highest BCUT2D eigenvalue weighted by atomic mass is 19.1. The third-order valence-corrected chi connectivity index (χ3v) is 7.32. The largest absolute Gasteiger partial charge is 0.507 e. The lowest BCUT2D eigenvalue weighted by Crippen LogP contribution is -2.46. The zero-order valence-corrected chi connectivity index (χ0v) is 18.6. The predicted octanol–water partition coefficient (Wildman–Crippen LogP) is 5.56. The number of hydrogen-bond donors (Lipinski definition) is 2. The van der Waals surface area contributed by atoms with Crippen molar-refractivity contribution in [3.8, 4) is 11.4 Å². The molecule has 0 unspecified atom stereocenters. The van der Waals surface area contributed by atoms with Gasteiger partial charge in [0, 0.05) is 27.7 Å².